The van der Waals surface area contributed by atoms with Crippen LogP contribution in [0.3, 0.4) is 0 Å². The number of hydrogen-bond acceptors (Lipinski definition) is 3. The molecule has 1 aromatic rings. The van der Waals surface area contributed by atoms with Crippen molar-refractivity contribution in [1.82, 2.24) is 4.37 Å². The van der Waals surface area contributed by atoms with Crippen LogP contribution in [0.25, 0.3) is 0 Å². The van der Waals surface area contributed by atoms with E-state index in [0.29, 0.717) is 11.8 Å². The van der Waals surface area contributed by atoms with E-state index in [-0.39, 0.29) is 0 Å². The van der Waals surface area contributed by atoms with Gasteiger partial charge in [-0.2, -0.15) is 4.37 Å². The molecule has 0 radical (unpaired) electrons. The SMILES string of the molecule is COc1nscc1CCl. The minimum Gasteiger partial charge on any atom is -0.480 e. The third kappa shape index (κ3) is 1.34. The molecule has 0 aliphatic carbocycles. The van der Waals surface area contributed by atoms with Crippen LogP contribution >= 0.6 is 23.1 Å². The Morgan fingerprint density at radius 1 is 1.89 bits per heavy atom. The topological polar surface area (TPSA) is 22.1 Å². The molecule has 2 nitrogen and oxygen atoms in total. The van der Waals surface area contributed by atoms with Crippen LogP contribution in [0.2, 0.25) is 0 Å². The van der Waals surface area contributed by atoms with Gasteiger partial charge in [-0.1, -0.05) is 0 Å². The highest BCUT2D eigenvalue weighted by Crippen LogP contribution is 2.19. The second-order valence-electron chi connectivity index (χ2n) is 1.48. The maximum Gasteiger partial charge on any atom is 0.229 e. The lowest BCUT2D eigenvalue weighted by Crippen LogP contribution is -1.84. The fourth-order valence-corrected chi connectivity index (χ4v) is 1.44. The average molecular weight is 164 g/mol. The lowest BCUT2D eigenvalue weighted by atomic mass is 10.4. The Kier molecular flexibility index (Phi) is 2.30. The molecule has 1 rings (SSSR count). The highest BCUT2D eigenvalue weighted by Gasteiger charge is 2.01. The van der Waals surface area contributed by atoms with E-state index in [2.05, 4.69) is 4.37 Å². The molecule has 0 atom stereocenters. The predicted molar refractivity (Wildman–Crippen MR) is 38.2 cm³/mol. The van der Waals surface area contributed by atoms with Crippen molar-refractivity contribution in [2.75, 3.05) is 7.11 Å². The quantitative estimate of drug-likeness (QED) is 0.622. The van der Waals surface area contributed by atoms with E-state index < -0.39 is 0 Å². The van der Waals surface area contributed by atoms with Crippen LogP contribution in [0.4, 0.5) is 0 Å². The van der Waals surface area contributed by atoms with Crippen molar-refractivity contribution in [2.45, 2.75) is 5.88 Å². The van der Waals surface area contributed by atoms with Gasteiger partial charge in [-0.25, -0.2) is 0 Å². The fraction of sp³-hybridized carbons (Fsp3) is 0.400. The van der Waals surface area contributed by atoms with Crippen molar-refractivity contribution in [3.63, 3.8) is 0 Å². The van der Waals surface area contributed by atoms with Crippen LogP contribution in [0.15, 0.2) is 5.38 Å². The first-order chi connectivity index (χ1) is 4.38. The molecule has 0 aliphatic heterocycles. The highest BCUT2D eigenvalue weighted by atomic mass is 35.5. The van der Waals surface area contributed by atoms with Gasteiger partial charge in [0.25, 0.3) is 0 Å². The maximum absolute atomic E-state index is 5.54. The minimum absolute atomic E-state index is 0.472. The third-order valence-corrected chi connectivity index (χ3v) is 1.89. The zero-order valence-corrected chi connectivity index (χ0v) is 6.50. The number of halogens is 1. The summed E-state index contributed by atoms with van der Waals surface area (Å²) in [5.41, 5.74) is 0.962. The van der Waals surface area contributed by atoms with Gasteiger partial charge in [0.05, 0.1) is 13.0 Å². The predicted octanol–water partition coefficient (Wildman–Crippen LogP) is 1.89. The Morgan fingerprint density at radius 2 is 2.67 bits per heavy atom. The Bertz CT molecular complexity index is 170. The van der Waals surface area contributed by atoms with Crippen molar-refractivity contribution in [3.05, 3.63) is 10.9 Å². The van der Waals surface area contributed by atoms with Crippen LogP contribution in [0.1, 0.15) is 5.56 Å². The van der Waals surface area contributed by atoms with E-state index in [9.17, 15) is 0 Å². The van der Waals surface area contributed by atoms with Gasteiger partial charge in [-0.15, -0.1) is 11.6 Å². The molecule has 0 spiro atoms. The second-order valence-corrected chi connectivity index (χ2v) is 2.38. The van der Waals surface area contributed by atoms with E-state index in [1.54, 1.807) is 7.11 Å². The Balaban J connectivity index is 2.85. The number of aromatic nitrogens is 1. The average Bonchev–Trinajstić information content (AvgIpc) is 2.33. The lowest BCUT2D eigenvalue weighted by Gasteiger charge is -1.93. The van der Waals surface area contributed by atoms with Gasteiger partial charge in [-0.3, -0.25) is 0 Å². The zero-order valence-electron chi connectivity index (χ0n) is 4.93. The molecule has 0 saturated heterocycles. The number of methoxy groups -OCH3 is 1. The van der Waals surface area contributed by atoms with Crippen molar-refractivity contribution in [2.24, 2.45) is 0 Å². The number of ether oxygens (including phenoxy) is 1. The lowest BCUT2D eigenvalue weighted by molar-refractivity contribution is 0.399. The van der Waals surface area contributed by atoms with Crippen molar-refractivity contribution in [3.8, 4) is 5.88 Å². The smallest absolute Gasteiger partial charge is 0.229 e. The fourth-order valence-electron chi connectivity index (χ4n) is 0.504. The summed E-state index contributed by atoms with van der Waals surface area (Å²) in [4.78, 5) is 0. The molecule has 0 N–H and O–H groups in total. The van der Waals surface area contributed by atoms with E-state index >= 15 is 0 Å². The van der Waals surface area contributed by atoms with Crippen molar-refractivity contribution >= 4 is 23.1 Å². The molecule has 4 heteroatoms. The normalized spacial score (nSPS) is 9.56. The van der Waals surface area contributed by atoms with E-state index in [1.165, 1.54) is 11.5 Å². The first-order valence-corrected chi connectivity index (χ1v) is 3.78. The summed E-state index contributed by atoms with van der Waals surface area (Å²) in [7, 11) is 1.59. The second kappa shape index (κ2) is 3.03. The standard InChI is InChI=1S/C5H6ClNOS/c1-8-5-4(2-6)3-9-7-5/h3H,2H2,1H3. The van der Waals surface area contributed by atoms with Gasteiger partial charge >= 0.3 is 0 Å². The van der Waals surface area contributed by atoms with Gasteiger partial charge in [-0.05, 0) is 11.5 Å². The van der Waals surface area contributed by atoms with Crippen LogP contribution in [-0.2, 0) is 5.88 Å². The molecule has 0 bridgehead atoms. The minimum atomic E-state index is 0.472. The molecule has 0 amide bonds. The summed E-state index contributed by atoms with van der Waals surface area (Å²) >= 11 is 6.89. The summed E-state index contributed by atoms with van der Waals surface area (Å²) < 4.78 is 8.83. The Hall–Kier alpha value is -0.280. The van der Waals surface area contributed by atoms with E-state index in [0.717, 1.165) is 5.56 Å². The molecule has 50 valence electrons. The first-order valence-electron chi connectivity index (χ1n) is 2.41. The molecule has 1 heterocycles. The molecule has 9 heavy (non-hydrogen) atoms. The summed E-state index contributed by atoms with van der Waals surface area (Å²) in [6.07, 6.45) is 0. The van der Waals surface area contributed by atoms with Gasteiger partial charge in [0.1, 0.15) is 0 Å². The number of alkyl halides is 1. The van der Waals surface area contributed by atoms with E-state index in [4.69, 9.17) is 16.3 Å². The van der Waals surface area contributed by atoms with Crippen molar-refractivity contribution < 1.29 is 4.74 Å². The number of hydrogen-bond donors (Lipinski definition) is 0. The van der Waals surface area contributed by atoms with Crippen LogP contribution in [-0.4, -0.2) is 11.5 Å². The van der Waals surface area contributed by atoms with Gasteiger partial charge in [0.15, 0.2) is 0 Å². The summed E-state index contributed by atoms with van der Waals surface area (Å²) in [6, 6.07) is 0. The number of nitrogens with zero attached hydrogens (tertiary/aromatic N) is 1. The van der Waals surface area contributed by atoms with E-state index in [1.807, 2.05) is 5.38 Å². The van der Waals surface area contributed by atoms with Crippen LogP contribution < -0.4 is 4.74 Å². The first kappa shape index (κ1) is 6.83. The zero-order chi connectivity index (χ0) is 6.69. The molecule has 0 unspecified atom stereocenters. The third-order valence-electron chi connectivity index (χ3n) is 0.943. The molecule has 0 saturated carbocycles. The summed E-state index contributed by atoms with van der Waals surface area (Å²) in [5.74, 6) is 1.12. The van der Waals surface area contributed by atoms with Gasteiger partial charge in [0.2, 0.25) is 5.88 Å². The molecular formula is C5H6ClNOS. The number of rotatable bonds is 2. The Labute approximate surface area is 62.6 Å². The molecule has 0 fully saturated rings. The Morgan fingerprint density at radius 3 is 3.11 bits per heavy atom. The monoisotopic (exact) mass is 163 g/mol. The largest absolute Gasteiger partial charge is 0.480 e. The molecule has 0 aromatic carbocycles. The maximum atomic E-state index is 5.54. The summed E-state index contributed by atoms with van der Waals surface area (Å²) in [5, 5.41) is 1.88. The van der Waals surface area contributed by atoms with Gasteiger partial charge < -0.3 is 4.74 Å². The summed E-state index contributed by atoms with van der Waals surface area (Å²) in [6.45, 7) is 0. The van der Waals surface area contributed by atoms with Crippen molar-refractivity contribution in [1.29, 1.82) is 0 Å². The molecule has 0 aliphatic rings. The van der Waals surface area contributed by atoms with Gasteiger partial charge in [0, 0.05) is 10.9 Å². The van der Waals surface area contributed by atoms with Crippen LogP contribution in [0.5, 0.6) is 5.88 Å². The highest BCUT2D eigenvalue weighted by molar-refractivity contribution is 7.03. The van der Waals surface area contributed by atoms with Crippen LogP contribution in [0, 0.1) is 0 Å². The molecular weight excluding hydrogens is 158 g/mol. The molecule has 1 aromatic heterocycles.